The van der Waals surface area contributed by atoms with E-state index in [1.807, 2.05) is 19.1 Å². The van der Waals surface area contributed by atoms with Gasteiger partial charge in [-0.3, -0.25) is 18.6 Å². The van der Waals surface area contributed by atoms with Gasteiger partial charge in [0.05, 0.1) is 5.02 Å². The molecule has 0 heterocycles. The van der Waals surface area contributed by atoms with Crippen LogP contribution in [0.5, 0.6) is 0 Å². The quantitative estimate of drug-likeness (QED) is 0.542. The second-order valence-corrected chi connectivity index (χ2v) is 10.1. The standard InChI is InChI=1S/C24H27ClFN3O4S/c1-16-6-8-18(9-7-16)28-23(31)14-34(33)15-24(32)29(19-10-11-21(26)20(25)12-19)13-22(30)27-17-4-2-3-5-17/h6-12,17H,2-5,13-15H2,1H3,(H,27,30)(H,28,31). The van der Waals surface area contributed by atoms with Gasteiger partial charge in [0.1, 0.15) is 23.9 Å². The number of carbonyl (C=O) groups excluding carboxylic acids is 3. The highest BCUT2D eigenvalue weighted by Crippen LogP contribution is 2.23. The third kappa shape index (κ3) is 7.63. The molecule has 0 bridgehead atoms. The van der Waals surface area contributed by atoms with Crippen molar-refractivity contribution in [1.29, 1.82) is 0 Å². The lowest BCUT2D eigenvalue weighted by atomic mass is 10.2. The summed E-state index contributed by atoms with van der Waals surface area (Å²) < 4.78 is 26.2. The van der Waals surface area contributed by atoms with Gasteiger partial charge >= 0.3 is 0 Å². The van der Waals surface area contributed by atoms with Crippen molar-refractivity contribution in [2.45, 2.75) is 38.6 Å². The van der Waals surface area contributed by atoms with Crippen LogP contribution in [0, 0.1) is 12.7 Å². The molecule has 7 nitrogen and oxygen atoms in total. The number of amides is 3. The van der Waals surface area contributed by atoms with Crippen LogP contribution in [0.3, 0.4) is 0 Å². The van der Waals surface area contributed by atoms with Crippen molar-refractivity contribution < 1.29 is 23.0 Å². The number of hydrogen-bond donors (Lipinski definition) is 2. The molecule has 1 aliphatic rings. The van der Waals surface area contributed by atoms with E-state index in [2.05, 4.69) is 10.6 Å². The fraction of sp³-hybridized carbons (Fsp3) is 0.375. The van der Waals surface area contributed by atoms with Gasteiger partial charge in [0.15, 0.2) is 0 Å². The molecule has 0 aliphatic heterocycles. The predicted molar refractivity (Wildman–Crippen MR) is 132 cm³/mol. The zero-order valence-electron chi connectivity index (χ0n) is 18.8. The first-order chi connectivity index (χ1) is 16.2. The molecule has 182 valence electrons. The Morgan fingerprint density at radius 1 is 1.06 bits per heavy atom. The van der Waals surface area contributed by atoms with Crippen LogP contribution in [0.15, 0.2) is 42.5 Å². The molecular weight excluding hydrogens is 481 g/mol. The van der Waals surface area contributed by atoms with E-state index < -0.39 is 34.2 Å². The average molecular weight is 508 g/mol. The molecular formula is C24H27ClFN3O4S. The number of anilines is 2. The molecule has 1 aliphatic carbocycles. The molecule has 0 spiro atoms. The van der Waals surface area contributed by atoms with Crippen molar-refractivity contribution in [3.63, 3.8) is 0 Å². The highest BCUT2D eigenvalue weighted by Gasteiger charge is 2.25. The SMILES string of the molecule is Cc1ccc(NC(=O)CS(=O)CC(=O)N(CC(=O)NC2CCCC2)c2ccc(F)c(Cl)c2)cc1. The van der Waals surface area contributed by atoms with Crippen molar-refractivity contribution in [1.82, 2.24) is 5.32 Å². The van der Waals surface area contributed by atoms with Crippen LogP contribution in [0.4, 0.5) is 15.8 Å². The van der Waals surface area contributed by atoms with Crippen LogP contribution < -0.4 is 15.5 Å². The second-order valence-electron chi connectivity index (χ2n) is 8.27. The molecule has 34 heavy (non-hydrogen) atoms. The average Bonchev–Trinajstić information content (AvgIpc) is 3.28. The van der Waals surface area contributed by atoms with Crippen molar-refractivity contribution in [2.24, 2.45) is 0 Å². The third-order valence-corrected chi connectivity index (χ3v) is 6.89. The molecule has 0 aromatic heterocycles. The van der Waals surface area contributed by atoms with E-state index in [1.165, 1.54) is 12.1 Å². The zero-order chi connectivity index (χ0) is 24.7. The minimum atomic E-state index is -1.82. The lowest BCUT2D eigenvalue weighted by Gasteiger charge is -2.23. The minimum absolute atomic E-state index is 0.0564. The van der Waals surface area contributed by atoms with E-state index >= 15 is 0 Å². The summed E-state index contributed by atoms with van der Waals surface area (Å²) in [5, 5.41) is 5.33. The molecule has 1 unspecified atom stereocenters. The molecule has 1 atom stereocenters. The molecule has 3 amide bonds. The summed E-state index contributed by atoms with van der Waals surface area (Å²) in [6.45, 7) is 1.59. The smallest absolute Gasteiger partial charge is 0.240 e. The van der Waals surface area contributed by atoms with Crippen LogP contribution in [0.25, 0.3) is 0 Å². The van der Waals surface area contributed by atoms with Gasteiger partial charge in [0.2, 0.25) is 17.7 Å². The number of rotatable bonds is 9. The van der Waals surface area contributed by atoms with E-state index in [0.29, 0.717) is 5.69 Å². The lowest BCUT2D eigenvalue weighted by Crippen LogP contribution is -2.45. The highest BCUT2D eigenvalue weighted by atomic mass is 35.5. The van der Waals surface area contributed by atoms with E-state index in [4.69, 9.17) is 11.6 Å². The Labute approximate surface area is 205 Å². The molecule has 10 heteroatoms. The van der Waals surface area contributed by atoms with Crippen molar-refractivity contribution >= 4 is 51.5 Å². The van der Waals surface area contributed by atoms with Crippen LogP contribution in [-0.2, 0) is 25.2 Å². The van der Waals surface area contributed by atoms with Crippen LogP contribution >= 0.6 is 11.6 Å². The van der Waals surface area contributed by atoms with E-state index in [0.717, 1.165) is 42.2 Å². The summed E-state index contributed by atoms with van der Waals surface area (Å²) in [5.41, 5.74) is 1.80. The molecule has 0 radical (unpaired) electrons. The number of benzene rings is 2. The summed E-state index contributed by atoms with van der Waals surface area (Å²) in [7, 11) is -1.82. The maximum Gasteiger partial charge on any atom is 0.240 e. The van der Waals surface area contributed by atoms with Gasteiger partial charge < -0.3 is 15.5 Å². The van der Waals surface area contributed by atoms with E-state index in [-0.39, 0.29) is 35.0 Å². The van der Waals surface area contributed by atoms with Crippen molar-refractivity contribution in [3.8, 4) is 0 Å². The van der Waals surface area contributed by atoms with E-state index in [1.54, 1.807) is 12.1 Å². The Morgan fingerprint density at radius 3 is 2.38 bits per heavy atom. The van der Waals surface area contributed by atoms with Gasteiger partial charge in [-0.05, 0) is 50.1 Å². The Morgan fingerprint density at radius 2 is 1.74 bits per heavy atom. The first-order valence-corrected chi connectivity index (χ1v) is 12.8. The Hall–Kier alpha value is -2.78. The van der Waals surface area contributed by atoms with Gasteiger partial charge in [-0.25, -0.2) is 4.39 Å². The zero-order valence-corrected chi connectivity index (χ0v) is 20.4. The number of aryl methyl sites for hydroxylation is 1. The summed E-state index contributed by atoms with van der Waals surface area (Å²) >= 11 is 5.87. The maximum atomic E-state index is 13.6. The van der Waals surface area contributed by atoms with Crippen molar-refractivity contribution in [3.05, 3.63) is 58.9 Å². The number of hydrogen-bond acceptors (Lipinski definition) is 4. The summed E-state index contributed by atoms with van der Waals surface area (Å²) in [6.07, 6.45) is 3.82. The number of nitrogens with zero attached hydrogens (tertiary/aromatic N) is 1. The summed E-state index contributed by atoms with van der Waals surface area (Å²) in [6, 6.07) is 10.8. The second kappa shape index (κ2) is 12.1. The predicted octanol–water partition coefficient (Wildman–Crippen LogP) is 3.57. The normalized spacial score (nSPS) is 14.4. The topological polar surface area (TPSA) is 95.6 Å². The van der Waals surface area contributed by atoms with Gasteiger partial charge in [0.25, 0.3) is 0 Å². The first-order valence-electron chi connectivity index (χ1n) is 11.0. The fourth-order valence-electron chi connectivity index (χ4n) is 3.71. The summed E-state index contributed by atoms with van der Waals surface area (Å²) in [5.74, 6) is -3.02. The van der Waals surface area contributed by atoms with Crippen LogP contribution in [0.2, 0.25) is 5.02 Å². The van der Waals surface area contributed by atoms with Crippen molar-refractivity contribution in [2.75, 3.05) is 28.3 Å². The van der Waals surface area contributed by atoms with Crippen LogP contribution in [0.1, 0.15) is 31.2 Å². The lowest BCUT2D eigenvalue weighted by molar-refractivity contribution is -0.123. The first kappa shape index (κ1) is 25.8. The largest absolute Gasteiger partial charge is 0.352 e. The molecule has 2 aromatic rings. The molecule has 2 N–H and O–H groups in total. The van der Waals surface area contributed by atoms with Crippen LogP contribution in [-0.4, -0.2) is 46.0 Å². The molecule has 1 fully saturated rings. The Balaban J connectivity index is 1.64. The molecule has 1 saturated carbocycles. The van der Waals surface area contributed by atoms with Gasteiger partial charge in [0, 0.05) is 28.2 Å². The minimum Gasteiger partial charge on any atom is -0.352 e. The third-order valence-electron chi connectivity index (χ3n) is 5.45. The van der Waals surface area contributed by atoms with E-state index in [9.17, 15) is 23.0 Å². The number of carbonyl (C=O) groups is 3. The molecule has 0 saturated heterocycles. The highest BCUT2D eigenvalue weighted by molar-refractivity contribution is 7.86. The molecule has 2 aromatic carbocycles. The number of halogens is 2. The van der Waals surface area contributed by atoms with Gasteiger partial charge in [-0.1, -0.05) is 42.1 Å². The Kier molecular flexibility index (Phi) is 9.18. The van der Waals surface area contributed by atoms with Gasteiger partial charge in [-0.15, -0.1) is 0 Å². The monoisotopic (exact) mass is 507 g/mol. The maximum absolute atomic E-state index is 13.6. The fourth-order valence-corrected chi connectivity index (χ4v) is 4.78. The Bertz CT molecular complexity index is 1070. The van der Waals surface area contributed by atoms with Gasteiger partial charge in [-0.2, -0.15) is 0 Å². The molecule has 3 rings (SSSR count). The number of nitrogens with one attached hydrogen (secondary N) is 2. The summed E-state index contributed by atoms with van der Waals surface area (Å²) in [4.78, 5) is 38.9.